The molecule has 28 heavy (non-hydrogen) atoms. The van der Waals surface area contributed by atoms with Crippen molar-refractivity contribution >= 4 is 11.7 Å². The van der Waals surface area contributed by atoms with Gasteiger partial charge in [0.1, 0.15) is 5.76 Å². The van der Waals surface area contributed by atoms with Crippen LogP contribution in [-0.4, -0.2) is 51.1 Å². The quantitative estimate of drug-likeness (QED) is 0.689. The zero-order valence-corrected chi connectivity index (χ0v) is 15.4. The highest BCUT2D eigenvalue weighted by Gasteiger charge is 2.29. The Morgan fingerprint density at radius 2 is 2.00 bits per heavy atom. The van der Waals surface area contributed by atoms with Crippen molar-refractivity contribution in [3.63, 3.8) is 0 Å². The Balaban J connectivity index is 2.11. The molecule has 2 aromatic rings. The molecule has 0 saturated carbocycles. The van der Waals surface area contributed by atoms with Crippen LogP contribution in [0.2, 0.25) is 0 Å². The summed E-state index contributed by atoms with van der Waals surface area (Å²) in [5, 5.41) is 2.63. The molecule has 2 amide bonds. The molecule has 0 atom stereocenters. The molecule has 10 heteroatoms. The number of hydrogen-bond acceptors (Lipinski definition) is 5. The van der Waals surface area contributed by atoms with Crippen LogP contribution < -0.4 is 14.8 Å². The molecule has 2 rings (SSSR count). The molecule has 0 unspecified atom stereocenters. The number of benzene rings is 1. The summed E-state index contributed by atoms with van der Waals surface area (Å²) >= 11 is 0. The third-order valence-corrected chi connectivity index (χ3v) is 3.59. The van der Waals surface area contributed by atoms with Gasteiger partial charge in [0.15, 0.2) is 18.1 Å². The second-order valence-electron chi connectivity index (χ2n) is 5.69. The fraction of sp³-hybridized carbons (Fsp3) is 0.389. The highest BCUT2D eigenvalue weighted by molar-refractivity contribution is 5.89. The Morgan fingerprint density at radius 1 is 1.21 bits per heavy atom. The average Bonchev–Trinajstić information content (AvgIpc) is 3.16. The lowest BCUT2D eigenvalue weighted by atomic mass is 10.2. The van der Waals surface area contributed by atoms with Gasteiger partial charge in [-0.2, -0.15) is 13.2 Å². The average molecular weight is 402 g/mol. The molecule has 0 fully saturated rings. The number of anilines is 1. The molecule has 7 nitrogen and oxygen atoms in total. The summed E-state index contributed by atoms with van der Waals surface area (Å²) in [5.41, 5.74) is 0.254. The number of furan rings is 1. The molecule has 154 valence electrons. The van der Waals surface area contributed by atoms with Crippen LogP contribution in [0.4, 0.5) is 23.7 Å². The van der Waals surface area contributed by atoms with Crippen molar-refractivity contribution < 1.29 is 36.6 Å². The van der Waals surface area contributed by atoms with E-state index in [0.29, 0.717) is 12.4 Å². The van der Waals surface area contributed by atoms with E-state index in [2.05, 4.69) is 5.32 Å². The largest absolute Gasteiger partial charge is 0.493 e. The molecule has 0 aliphatic rings. The van der Waals surface area contributed by atoms with Crippen LogP contribution in [0.1, 0.15) is 5.76 Å². The maximum Gasteiger partial charge on any atom is 0.422 e. The molecule has 0 aliphatic heterocycles. The predicted molar refractivity (Wildman–Crippen MR) is 94.6 cm³/mol. The van der Waals surface area contributed by atoms with E-state index < -0.39 is 18.8 Å². The number of alkyl halides is 3. The second-order valence-corrected chi connectivity index (χ2v) is 5.69. The SMILES string of the molecule is COCCN(Cc1ccco1)C(=O)Nc1ccc(OC)c(OCC(F)(F)F)c1. The summed E-state index contributed by atoms with van der Waals surface area (Å²) in [6.07, 6.45) is -3.00. The maximum atomic E-state index is 12.6. The van der Waals surface area contributed by atoms with Crippen molar-refractivity contribution in [2.45, 2.75) is 12.7 Å². The number of amides is 2. The van der Waals surface area contributed by atoms with Crippen LogP contribution in [0.3, 0.4) is 0 Å². The first-order valence-corrected chi connectivity index (χ1v) is 8.27. The molecular formula is C18H21F3N2O5. The number of methoxy groups -OCH3 is 2. The Hall–Kier alpha value is -2.88. The number of nitrogens with zero attached hydrogens (tertiary/aromatic N) is 1. The van der Waals surface area contributed by atoms with Gasteiger partial charge in [-0.3, -0.25) is 0 Å². The number of carbonyl (C=O) groups is 1. The second kappa shape index (κ2) is 9.88. The number of nitrogens with one attached hydrogen (secondary N) is 1. The lowest BCUT2D eigenvalue weighted by molar-refractivity contribution is -0.153. The molecule has 0 spiro atoms. The zero-order chi connectivity index (χ0) is 20.6. The monoisotopic (exact) mass is 402 g/mol. The number of carbonyl (C=O) groups excluding carboxylic acids is 1. The minimum Gasteiger partial charge on any atom is -0.493 e. The molecule has 1 aromatic heterocycles. The predicted octanol–water partition coefficient (Wildman–Crippen LogP) is 3.91. The van der Waals surface area contributed by atoms with Gasteiger partial charge in [0.05, 0.1) is 26.5 Å². The fourth-order valence-corrected chi connectivity index (χ4v) is 2.27. The van der Waals surface area contributed by atoms with Crippen molar-refractivity contribution in [1.29, 1.82) is 0 Å². The van der Waals surface area contributed by atoms with E-state index in [-0.39, 0.29) is 30.3 Å². The van der Waals surface area contributed by atoms with Crippen LogP contribution in [0, 0.1) is 0 Å². The van der Waals surface area contributed by atoms with E-state index in [0.717, 1.165) is 0 Å². The molecule has 0 saturated heterocycles. The van der Waals surface area contributed by atoms with Crippen molar-refractivity contribution in [2.24, 2.45) is 0 Å². The van der Waals surface area contributed by atoms with Gasteiger partial charge in [-0.25, -0.2) is 4.79 Å². The van der Waals surface area contributed by atoms with Crippen LogP contribution in [-0.2, 0) is 11.3 Å². The Labute approximate surface area is 160 Å². The fourth-order valence-electron chi connectivity index (χ4n) is 2.27. The summed E-state index contributed by atoms with van der Waals surface area (Å²) < 4.78 is 57.3. The highest BCUT2D eigenvalue weighted by Crippen LogP contribution is 2.31. The zero-order valence-electron chi connectivity index (χ0n) is 15.4. The number of urea groups is 1. The van der Waals surface area contributed by atoms with Gasteiger partial charge in [-0.1, -0.05) is 0 Å². The standard InChI is InChI=1S/C18H21F3N2O5/c1-25-9-7-23(11-14-4-3-8-27-14)17(24)22-13-5-6-15(26-2)16(10-13)28-12-18(19,20)21/h3-6,8,10H,7,9,11-12H2,1-2H3,(H,22,24). The van der Waals surface area contributed by atoms with E-state index in [9.17, 15) is 18.0 Å². The van der Waals surface area contributed by atoms with E-state index in [1.165, 1.54) is 43.6 Å². The minimum absolute atomic E-state index is 0.120. The molecule has 1 heterocycles. The van der Waals surface area contributed by atoms with Crippen LogP contribution in [0.15, 0.2) is 41.0 Å². The summed E-state index contributed by atoms with van der Waals surface area (Å²) in [7, 11) is 2.82. The topological polar surface area (TPSA) is 73.2 Å². The molecule has 0 radical (unpaired) electrons. The number of halogens is 3. The van der Waals surface area contributed by atoms with Crippen LogP contribution >= 0.6 is 0 Å². The molecular weight excluding hydrogens is 381 g/mol. The van der Waals surface area contributed by atoms with Gasteiger partial charge in [0.25, 0.3) is 0 Å². The molecule has 0 aliphatic carbocycles. The van der Waals surface area contributed by atoms with Crippen LogP contribution in [0.25, 0.3) is 0 Å². The first kappa shape index (κ1) is 21.4. The van der Waals surface area contributed by atoms with Gasteiger partial charge in [0.2, 0.25) is 0 Å². The number of rotatable bonds is 9. The Kier molecular flexibility index (Phi) is 7.56. The first-order valence-electron chi connectivity index (χ1n) is 8.27. The molecule has 1 N–H and O–H groups in total. The van der Waals surface area contributed by atoms with Gasteiger partial charge in [-0.15, -0.1) is 0 Å². The normalized spacial score (nSPS) is 11.2. The van der Waals surface area contributed by atoms with Crippen molar-refractivity contribution in [1.82, 2.24) is 4.90 Å². The summed E-state index contributed by atoms with van der Waals surface area (Å²) in [6.45, 7) is -0.678. The lowest BCUT2D eigenvalue weighted by Gasteiger charge is -2.22. The number of hydrogen-bond donors (Lipinski definition) is 1. The Morgan fingerprint density at radius 3 is 2.61 bits per heavy atom. The Bertz CT molecular complexity index is 750. The van der Waals surface area contributed by atoms with E-state index in [4.69, 9.17) is 18.6 Å². The van der Waals surface area contributed by atoms with Gasteiger partial charge < -0.3 is 28.8 Å². The first-order chi connectivity index (χ1) is 13.3. The summed E-state index contributed by atoms with van der Waals surface area (Å²) in [4.78, 5) is 14.0. The van der Waals surface area contributed by atoms with E-state index in [1.54, 1.807) is 12.1 Å². The molecule has 1 aromatic carbocycles. The van der Waals surface area contributed by atoms with Crippen molar-refractivity contribution in [3.05, 3.63) is 42.4 Å². The number of ether oxygens (including phenoxy) is 3. The lowest BCUT2D eigenvalue weighted by Crippen LogP contribution is -2.36. The highest BCUT2D eigenvalue weighted by atomic mass is 19.4. The van der Waals surface area contributed by atoms with Gasteiger partial charge in [0, 0.05) is 25.4 Å². The van der Waals surface area contributed by atoms with Crippen molar-refractivity contribution in [3.8, 4) is 11.5 Å². The summed E-state index contributed by atoms with van der Waals surface area (Å²) in [5.74, 6) is 0.566. The van der Waals surface area contributed by atoms with Crippen molar-refractivity contribution in [2.75, 3.05) is 39.3 Å². The van der Waals surface area contributed by atoms with E-state index >= 15 is 0 Å². The molecule has 0 bridgehead atoms. The van der Waals surface area contributed by atoms with Crippen LogP contribution in [0.5, 0.6) is 11.5 Å². The summed E-state index contributed by atoms with van der Waals surface area (Å²) in [6, 6.07) is 7.13. The van der Waals surface area contributed by atoms with E-state index in [1.807, 2.05) is 0 Å². The minimum atomic E-state index is -4.50. The third kappa shape index (κ3) is 6.69. The third-order valence-electron chi connectivity index (χ3n) is 3.59. The van der Waals surface area contributed by atoms with Gasteiger partial charge in [-0.05, 0) is 24.3 Å². The maximum absolute atomic E-state index is 12.6. The smallest absolute Gasteiger partial charge is 0.422 e. The van der Waals surface area contributed by atoms with Gasteiger partial charge >= 0.3 is 12.2 Å².